The molecule has 1 aliphatic carbocycles. The van der Waals surface area contributed by atoms with Crippen LogP contribution >= 0.6 is 0 Å². The van der Waals surface area contributed by atoms with Crippen molar-refractivity contribution >= 4 is 0 Å². The van der Waals surface area contributed by atoms with Crippen molar-refractivity contribution in [2.45, 2.75) is 31.2 Å². The molecule has 2 atom stereocenters. The standard InChI is InChI=1S/C23H20F3NO/c24-23(25,26)18-9-6-16(7-10-18)20-12-17(19-13-21(19)27)8-11-22(20)28-14-15-4-2-1-3-5-15/h1-12,19,21H,13-14,27H2/t19-,21+/m0/s1. The van der Waals surface area contributed by atoms with Gasteiger partial charge < -0.3 is 10.5 Å². The highest BCUT2D eigenvalue weighted by Crippen LogP contribution is 2.43. The molecule has 2 nitrogen and oxygen atoms in total. The van der Waals surface area contributed by atoms with Crippen LogP contribution in [0.5, 0.6) is 5.75 Å². The molecule has 0 spiro atoms. The van der Waals surface area contributed by atoms with E-state index in [9.17, 15) is 13.2 Å². The third-order valence-electron chi connectivity index (χ3n) is 5.03. The van der Waals surface area contributed by atoms with Crippen LogP contribution in [0.25, 0.3) is 11.1 Å². The summed E-state index contributed by atoms with van der Waals surface area (Å²) in [5.41, 5.74) is 8.89. The molecule has 0 unspecified atom stereocenters. The highest BCUT2D eigenvalue weighted by Gasteiger charge is 2.35. The van der Waals surface area contributed by atoms with Crippen LogP contribution in [0.15, 0.2) is 72.8 Å². The van der Waals surface area contributed by atoms with Crippen molar-refractivity contribution in [1.29, 1.82) is 0 Å². The van der Waals surface area contributed by atoms with Gasteiger partial charge in [-0.3, -0.25) is 0 Å². The quantitative estimate of drug-likeness (QED) is 0.607. The maximum absolute atomic E-state index is 12.9. The van der Waals surface area contributed by atoms with Crippen molar-refractivity contribution < 1.29 is 17.9 Å². The molecule has 0 aromatic heterocycles. The van der Waals surface area contributed by atoms with Gasteiger partial charge in [0.15, 0.2) is 0 Å². The summed E-state index contributed by atoms with van der Waals surface area (Å²) < 4.78 is 44.7. The van der Waals surface area contributed by atoms with E-state index in [0.29, 0.717) is 23.8 Å². The van der Waals surface area contributed by atoms with Gasteiger partial charge in [-0.15, -0.1) is 0 Å². The van der Waals surface area contributed by atoms with E-state index in [1.54, 1.807) is 0 Å². The molecule has 0 heterocycles. The van der Waals surface area contributed by atoms with Crippen LogP contribution in [-0.4, -0.2) is 6.04 Å². The van der Waals surface area contributed by atoms with Gasteiger partial charge in [-0.1, -0.05) is 48.5 Å². The first-order valence-electron chi connectivity index (χ1n) is 9.16. The zero-order valence-electron chi connectivity index (χ0n) is 15.1. The number of nitrogens with two attached hydrogens (primary N) is 1. The van der Waals surface area contributed by atoms with E-state index < -0.39 is 11.7 Å². The van der Waals surface area contributed by atoms with Gasteiger partial charge in [-0.25, -0.2) is 0 Å². The second kappa shape index (κ2) is 7.32. The fraction of sp³-hybridized carbons (Fsp3) is 0.217. The maximum Gasteiger partial charge on any atom is 0.416 e. The zero-order valence-corrected chi connectivity index (χ0v) is 15.1. The Hall–Kier alpha value is -2.79. The summed E-state index contributed by atoms with van der Waals surface area (Å²) in [5.74, 6) is 0.943. The molecule has 2 N–H and O–H groups in total. The molecule has 4 rings (SSSR count). The SMILES string of the molecule is N[C@@H]1C[C@H]1c1ccc(OCc2ccccc2)c(-c2ccc(C(F)(F)F)cc2)c1. The van der Waals surface area contributed by atoms with Crippen molar-refractivity contribution in [3.63, 3.8) is 0 Å². The van der Waals surface area contributed by atoms with Crippen LogP contribution in [0.2, 0.25) is 0 Å². The summed E-state index contributed by atoms with van der Waals surface area (Å²) >= 11 is 0. The number of hydrogen-bond acceptors (Lipinski definition) is 2. The Morgan fingerprint density at radius 2 is 1.61 bits per heavy atom. The number of rotatable bonds is 5. The maximum atomic E-state index is 12.9. The van der Waals surface area contributed by atoms with Gasteiger partial charge in [0.05, 0.1) is 5.56 Å². The molecule has 1 saturated carbocycles. The first-order valence-corrected chi connectivity index (χ1v) is 9.16. The number of alkyl halides is 3. The third kappa shape index (κ3) is 4.04. The topological polar surface area (TPSA) is 35.2 Å². The fourth-order valence-electron chi connectivity index (χ4n) is 3.30. The summed E-state index contributed by atoms with van der Waals surface area (Å²) in [4.78, 5) is 0. The van der Waals surface area contributed by atoms with E-state index >= 15 is 0 Å². The minimum Gasteiger partial charge on any atom is -0.488 e. The Balaban J connectivity index is 1.66. The van der Waals surface area contributed by atoms with Gasteiger partial charge in [0.25, 0.3) is 0 Å². The predicted octanol–water partition coefficient (Wildman–Crippen LogP) is 5.77. The molecule has 3 aromatic carbocycles. The van der Waals surface area contributed by atoms with E-state index in [0.717, 1.165) is 35.2 Å². The van der Waals surface area contributed by atoms with Crippen LogP contribution in [0.3, 0.4) is 0 Å². The van der Waals surface area contributed by atoms with Crippen LogP contribution < -0.4 is 10.5 Å². The summed E-state index contributed by atoms with van der Waals surface area (Å²) in [6.07, 6.45) is -3.43. The third-order valence-corrected chi connectivity index (χ3v) is 5.03. The first kappa shape index (κ1) is 18.6. The first-order chi connectivity index (χ1) is 13.4. The molecule has 1 fully saturated rings. The molecule has 144 valence electrons. The number of hydrogen-bond donors (Lipinski definition) is 1. The fourth-order valence-corrected chi connectivity index (χ4v) is 3.30. The Morgan fingerprint density at radius 1 is 0.929 bits per heavy atom. The van der Waals surface area contributed by atoms with Crippen molar-refractivity contribution in [1.82, 2.24) is 0 Å². The average Bonchev–Trinajstić information content (AvgIpc) is 3.43. The van der Waals surface area contributed by atoms with Crippen molar-refractivity contribution in [3.8, 4) is 16.9 Å². The molecular weight excluding hydrogens is 363 g/mol. The van der Waals surface area contributed by atoms with E-state index in [-0.39, 0.29) is 6.04 Å². The van der Waals surface area contributed by atoms with Crippen LogP contribution in [-0.2, 0) is 12.8 Å². The lowest BCUT2D eigenvalue weighted by Gasteiger charge is -2.15. The molecule has 0 saturated heterocycles. The normalized spacial score (nSPS) is 18.7. The van der Waals surface area contributed by atoms with Crippen molar-refractivity contribution in [2.75, 3.05) is 0 Å². The largest absolute Gasteiger partial charge is 0.488 e. The molecule has 0 amide bonds. The van der Waals surface area contributed by atoms with E-state index in [4.69, 9.17) is 10.5 Å². The molecule has 1 aliphatic rings. The van der Waals surface area contributed by atoms with E-state index in [1.165, 1.54) is 12.1 Å². The lowest BCUT2D eigenvalue weighted by atomic mass is 9.98. The molecule has 28 heavy (non-hydrogen) atoms. The van der Waals surface area contributed by atoms with Gasteiger partial charge in [0, 0.05) is 17.5 Å². The highest BCUT2D eigenvalue weighted by molar-refractivity contribution is 5.72. The second-order valence-electron chi connectivity index (χ2n) is 7.11. The summed E-state index contributed by atoms with van der Waals surface area (Å²) in [6.45, 7) is 0.386. The lowest BCUT2D eigenvalue weighted by Crippen LogP contribution is -2.04. The van der Waals surface area contributed by atoms with Crippen LogP contribution in [0.1, 0.15) is 29.0 Å². The molecule has 0 radical (unpaired) electrons. The van der Waals surface area contributed by atoms with E-state index in [2.05, 4.69) is 0 Å². The molecule has 3 aromatic rings. The Bertz CT molecular complexity index is 952. The molecular formula is C23H20F3NO. The smallest absolute Gasteiger partial charge is 0.416 e. The van der Waals surface area contributed by atoms with Gasteiger partial charge >= 0.3 is 6.18 Å². The summed E-state index contributed by atoms with van der Waals surface area (Å²) in [7, 11) is 0. The van der Waals surface area contributed by atoms with E-state index in [1.807, 2.05) is 48.5 Å². The van der Waals surface area contributed by atoms with Gasteiger partial charge in [-0.2, -0.15) is 13.2 Å². The lowest BCUT2D eigenvalue weighted by molar-refractivity contribution is -0.137. The number of halogens is 3. The highest BCUT2D eigenvalue weighted by atomic mass is 19.4. The Kier molecular flexibility index (Phi) is 4.85. The minimum absolute atomic E-state index is 0.150. The summed E-state index contributed by atoms with van der Waals surface area (Å²) in [6, 6.07) is 20.9. The van der Waals surface area contributed by atoms with Crippen molar-refractivity contribution in [2.24, 2.45) is 5.73 Å². The average molecular weight is 383 g/mol. The second-order valence-corrected chi connectivity index (χ2v) is 7.11. The monoisotopic (exact) mass is 383 g/mol. The molecule has 5 heteroatoms. The number of benzene rings is 3. The van der Waals surface area contributed by atoms with Crippen molar-refractivity contribution in [3.05, 3.63) is 89.5 Å². The molecule has 0 bridgehead atoms. The Labute approximate surface area is 161 Å². The molecule has 0 aliphatic heterocycles. The minimum atomic E-state index is -4.35. The van der Waals surface area contributed by atoms with Gasteiger partial charge in [-0.05, 0) is 47.4 Å². The van der Waals surface area contributed by atoms with Crippen LogP contribution in [0.4, 0.5) is 13.2 Å². The zero-order chi connectivity index (χ0) is 19.7. The predicted molar refractivity (Wildman–Crippen MR) is 103 cm³/mol. The van der Waals surface area contributed by atoms with Gasteiger partial charge in [0.2, 0.25) is 0 Å². The number of ether oxygens (including phenoxy) is 1. The van der Waals surface area contributed by atoms with Crippen LogP contribution in [0, 0.1) is 0 Å². The summed E-state index contributed by atoms with van der Waals surface area (Å²) in [5, 5.41) is 0. The Morgan fingerprint density at radius 3 is 2.21 bits per heavy atom. The van der Waals surface area contributed by atoms with Gasteiger partial charge in [0.1, 0.15) is 12.4 Å².